The van der Waals surface area contributed by atoms with Crippen molar-refractivity contribution in [2.75, 3.05) is 7.11 Å². The van der Waals surface area contributed by atoms with Crippen LogP contribution in [-0.4, -0.2) is 26.7 Å². The molecular weight excluding hydrogens is 600 g/mol. The molecule has 0 aliphatic carbocycles. The number of hydrogen-bond acceptors (Lipinski definition) is 3. The van der Waals surface area contributed by atoms with Crippen molar-refractivity contribution in [3.05, 3.63) is 131 Å². The van der Waals surface area contributed by atoms with Crippen molar-refractivity contribution in [3.8, 4) is 17.1 Å². The van der Waals surface area contributed by atoms with E-state index in [0.717, 1.165) is 4.47 Å². The molecule has 5 rings (SSSR count). The van der Waals surface area contributed by atoms with Gasteiger partial charge >= 0.3 is 0 Å². The van der Waals surface area contributed by atoms with Gasteiger partial charge in [-0.1, -0.05) is 52.3 Å². The molecule has 5 aromatic rings. The quantitative estimate of drug-likeness (QED) is 0.244. The Hall–Kier alpha value is -3.56. The van der Waals surface area contributed by atoms with Crippen LogP contribution >= 0.6 is 31.9 Å². The zero-order chi connectivity index (χ0) is 26.3. The number of H-pyrrole nitrogens is 2. The minimum absolute atomic E-state index is 0.238. The summed E-state index contributed by atoms with van der Waals surface area (Å²) in [6, 6.07) is 22.5. The second-order valence-electron chi connectivity index (χ2n) is 8.70. The third-order valence-electron chi connectivity index (χ3n) is 6.39. The number of hydrogen-bond donors (Lipinski definition) is 2. The SMILES string of the molecule is COc1c(Br)cc(Br)cc1C(c1c(C)[nH]n(-c2ccccc2)c1=O)c1c(C)[nH]n(-c2ccccc2)c1=O. The first-order valence-electron chi connectivity index (χ1n) is 11.6. The second kappa shape index (κ2) is 10.1. The van der Waals surface area contributed by atoms with Crippen LogP contribution in [-0.2, 0) is 0 Å². The molecule has 2 heterocycles. The van der Waals surface area contributed by atoms with Gasteiger partial charge in [0, 0.05) is 21.4 Å². The molecule has 3 aromatic carbocycles. The van der Waals surface area contributed by atoms with E-state index in [0.29, 0.717) is 49.7 Å². The van der Waals surface area contributed by atoms with Gasteiger partial charge in [-0.3, -0.25) is 19.8 Å². The maximum Gasteiger partial charge on any atom is 0.275 e. The Bertz CT molecular complexity index is 1600. The highest BCUT2D eigenvalue weighted by Crippen LogP contribution is 2.42. The molecule has 0 fully saturated rings. The van der Waals surface area contributed by atoms with Crippen molar-refractivity contribution in [2.45, 2.75) is 19.8 Å². The standard InChI is InChI=1S/C28H24Br2N4O3/c1-16-23(27(35)33(31-16)19-10-6-4-7-11-19)25(21-14-18(29)15-22(30)26(21)37-3)24-17(2)32-34(28(24)36)20-12-8-5-9-13-20/h4-15,25,31-32H,1-3H3. The van der Waals surface area contributed by atoms with Gasteiger partial charge in [-0.25, -0.2) is 9.36 Å². The Balaban J connectivity index is 1.85. The van der Waals surface area contributed by atoms with Gasteiger partial charge in [0.2, 0.25) is 0 Å². The lowest BCUT2D eigenvalue weighted by Gasteiger charge is -2.20. The average molecular weight is 624 g/mol. The van der Waals surface area contributed by atoms with Crippen molar-refractivity contribution in [1.82, 2.24) is 19.6 Å². The Morgan fingerprint density at radius 1 is 0.757 bits per heavy atom. The maximum atomic E-state index is 14.0. The molecule has 2 N–H and O–H groups in total. The van der Waals surface area contributed by atoms with Gasteiger partial charge in [0.15, 0.2) is 0 Å². The molecule has 0 bridgehead atoms. The zero-order valence-corrected chi connectivity index (χ0v) is 23.6. The summed E-state index contributed by atoms with van der Waals surface area (Å²) >= 11 is 7.17. The van der Waals surface area contributed by atoms with Gasteiger partial charge in [0.25, 0.3) is 11.1 Å². The molecule has 0 radical (unpaired) electrons. The van der Waals surface area contributed by atoms with Crippen molar-refractivity contribution in [3.63, 3.8) is 0 Å². The molecule has 0 aliphatic rings. The van der Waals surface area contributed by atoms with Crippen molar-refractivity contribution < 1.29 is 4.74 Å². The predicted molar refractivity (Wildman–Crippen MR) is 152 cm³/mol. The van der Waals surface area contributed by atoms with Crippen molar-refractivity contribution >= 4 is 31.9 Å². The summed E-state index contributed by atoms with van der Waals surface area (Å²) in [7, 11) is 1.58. The molecule has 7 nitrogen and oxygen atoms in total. The summed E-state index contributed by atoms with van der Waals surface area (Å²) in [4.78, 5) is 28.0. The lowest BCUT2D eigenvalue weighted by Crippen LogP contribution is -2.25. The summed E-state index contributed by atoms with van der Waals surface area (Å²) in [5.74, 6) is -0.170. The molecule has 0 saturated heterocycles. The van der Waals surface area contributed by atoms with Crippen LogP contribution in [0.2, 0.25) is 0 Å². The number of nitrogens with zero attached hydrogens (tertiary/aromatic N) is 2. The third-order valence-corrected chi connectivity index (χ3v) is 7.44. The summed E-state index contributed by atoms with van der Waals surface area (Å²) in [5, 5.41) is 6.43. The van der Waals surface area contributed by atoms with E-state index in [9.17, 15) is 9.59 Å². The van der Waals surface area contributed by atoms with E-state index in [1.165, 1.54) is 9.36 Å². The number of aryl methyl sites for hydroxylation is 2. The van der Waals surface area contributed by atoms with E-state index in [1.54, 1.807) is 7.11 Å². The summed E-state index contributed by atoms with van der Waals surface area (Å²) < 4.78 is 10.3. The highest BCUT2D eigenvalue weighted by molar-refractivity contribution is 9.11. The minimum Gasteiger partial charge on any atom is -0.495 e. The first-order chi connectivity index (χ1) is 17.8. The summed E-state index contributed by atoms with van der Waals surface area (Å²) in [6.45, 7) is 3.70. The molecule has 0 unspecified atom stereocenters. The molecule has 0 amide bonds. The molecule has 0 saturated carbocycles. The summed E-state index contributed by atoms with van der Waals surface area (Å²) in [5.41, 5.74) is 3.86. The Morgan fingerprint density at radius 3 is 1.65 bits per heavy atom. The highest BCUT2D eigenvalue weighted by atomic mass is 79.9. The van der Waals surface area contributed by atoms with E-state index in [4.69, 9.17) is 4.74 Å². The topological polar surface area (TPSA) is 84.8 Å². The van der Waals surface area contributed by atoms with Gasteiger partial charge in [-0.05, 0) is 66.2 Å². The number of methoxy groups -OCH3 is 1. The number of aromatic nitrogens is 4. The number of aromatic amines is 2. The number of rotatable bonds is 6. The van der Waals surface area contributed by atoms with E-state index in [-0.39, 0.29) is 11.1 Å². The normalized spacial score (nSPS) is 11.3. The van der Waals surface area contributed by atoms with E-state index in [2.05, 4.69) is 42.1 Å². The molecule has 188 valence electrons. The molecule has 0 aliphatic heterocycles. The monoisotopic (exact) mass is 622 g/mol. The number of para-hydroxylation sites is 2. The highest BCUT2D eigenvalue weighted by Gasteiger charge is 2.33. The maximum absolute atomic E-state index is 14.0. The average Bonchev–Trinajstić information content (AvgIpc) is 3.35. The molecule has 0 spiro atoms. The fourth-order valence-corrected chi connectivity index (χ4v) is 6.20. The summed E-state index contributed by atoms with van der Waals surface area (Å²) in [6.07, 6.45) is 0. The van der Waals surface area contributed by atoms with E-state index < -0.39 is 5.92 Å². The van der Waals surface area contributed by atoms with Crippen LogP contribution in [0.1, 0.15) is 34.0 Å². The fourth-order valence-electron chi connectivity index (χ4n) is 4.78. The number of ether oxygens (including phenoxy) is 1. The fraction of sp³-hybridized carbons (Fsp3) is 0.143. The van der Waals surface area contributed by atoms with Crippen LogP contribution in [0.15, 0.2) is 91.3 Å². The number of halogens is 2. The van der Waals surface area contributed by atoms with Gasteiger partial charge in [0.05, 0.1) is 40.0 Å². The first kappa shape index (κ1) is 25.1. The van der Waals surface area contributed by atoms with Crippen LogP contribution in [0.25, 0.3) is 11.4 Å². The molecule has 0 atom stereocenters. The Kier molecular flexibility index (Phi) is 6.83. The van der Waals surface area contributed by atoms with E-state index >= 15 is 0 Å². The van der Waals surface area contributed by atoms with Crippen LogP contribution < -0.4 is 15.9 Å². The van der Waals surface area contributed by atoms with Crippen LogP contribution in [0.5, 0.6) is 5.75 Å². The largest absolute Gasteiger partial charge is 0.495 e. The van der Waals surface area contributed by atoms with Crippen LogP contribution in [0.3, 0.4) is 0 Å². The zero-order valence-electron chi connectivity index (χ0n) is 20.4. The second-order valence-corrected chi connectivity index (χ2v) is 10.5. The first-order valence-corrected chi connectivity index (χ1v) is 13.2. The molecule has 37 heavy (non-hydrogen) atoms. The Morgan fingerprint density at radius 2 is 1.22 bits per heavy atom. The minimum atomic E-state index is -0.717. The van der Waals surface area contributed by atoms with Crippen molar-refractivity contribution in [2.24, 2.45) is 0 Å². The van der Waals surface area contributed by atoms with Gasteiger partial charge in [0.1, 0.15) is 5.75 Å². The van der Waals surface area contributed by atoms with E-state index in [1.807, 2.05) is 86.6 Å². The Labute approximate surface area is 230 Å². The molecule has 9 heteroatoms. The lowest BCUT2D eigenvalue weighted by atomic mass is 9.84. The molecular formula is C28H24Br2N4O3. The number of nitrogens with one attached hydrogen (secondary N) is 2. The number of benzene rings is 3. The van der Waals surface area contributed by atoms with Gasteiger partial charge in [-0.15, -0.1) is 0 Å². The predicted octanol–water partition coefficient (Wildman–Crippen LogP) is 5.98. The van der Waals surface area contributed by atoms with Crippen LogP contribution in [0, 0.1) is 13.8 Å². The molecule has 2 aromatic heterocycles. The van der Waals surface area contributed by atoms with Gasteiger partial charge in [-0.2, -0.15) is 0 Å². The van der Waals surface area contributed by atoms with Gasteiger partial charge < -0.3 is 4.74 Å². The smallest absolute Gasteiger partial charge is 0.275 e. The van der Waals surface area contributed by atoms with Crippen LogP contribution in [0.4, 0.5) is 0 Å². The lowest BCUT2D eigenvalue weighted by molar-refractivity contribution is 0.406. The van der Waals surface area contributed by atoms with Crippen molar-refractivity contribution in [1.29, 1.82) is 0 Å². The third kappa shape index (κ3) is 4.42.